The first-order valence-corrected chi connectivity index (χ1v) is 8.64. The molecule has 138 valence electrons. The summed E-state index contributed by atoms with van der Waals surface area (Å²) in [6.45, 7) is 12.8. The Balaban J connectivity index is 0.00000288. The Morgan fingerprint density at radius 2 is 1.88 bits per heavy atom. The number of rotatable bonds is 6. The van der Waals surface area contributed by atoms with E-state index in [1.54, 1.807) is 7.11 Å². The Morgan fingerprint density at radius 1 is 1.25 bits per heavy atom. The Kier molecular flexibility index (Phi) is 8.00. The van der Waals surface area contributed by atoms with Crippen LogP contribution in [0.4, 0.5) is 0 Å². The fourth-order valence-electron chi connectivity index (χ4n) is 3.46. The maximum Gasteiger partial charge on any atom is 0.123 e. The molecule has 0 saturated carbocycles. The lowest BCUT2D eigenvalue weighted by Crippen LogP contribution is -2.49. The van der Waals surface area contributed by atoms with Crippen LogP contribution in [0.3, 0.4) is 0 Å². The van der Waals surface area contributed by atoms with Gasteiger partial charge in [-0.25, -0.2) is 0 Å². The van der Waals surface area contributed by atoms with E-state index in [-0.39, 0.29) is 30.5 Å². The van der Waals surface area contributed by atoms with E-state index in [2.05, 4.69) is 56.1 Å². The van der Waals surface area contributed by atoms with E-state index in [4.69, 9.17) is 4.74 Å². The average molecular weight is 357 g/mol. The van der Waals surface area contributed by atoms with Crippen molar-refractivity contribution in [3.8, 4) is 5.75 Å². The summed E-state index contributed by atoms with van der Waals surface area (Å²) in [4.78, 5) is 2.48. The molecule has 4 nitrogen and oxygen atoms in total. The summed E-state index contributed by atoms with van der Waals surface area (Å²) in [7, 11) is 1.73. The molecular weight excluding hydrogens is 324 g/mol. The number of nitrogens with zero attached hydrogens (tertiary/aromatic N) is 1. The van der Waals surface area contributed by atoms with Gasteiger partial charge in [-0.05, 0) is 17.5 Å². The zero-order valence-electron chi connectivity index (χ0n) is 15.6. The summed E-state index contributed by atoms with van der Waals surface area (Å²) in [5, 5.41) is 13.4. The van der Waals surface area contributed by atoms with Gasteiger partial charge in [-0.3, -0.25) is 4.90 Å². The largest absolute Gasteiger partial charge is 0.496 e. The van der Waals surface area contributed by atoms with Gasteiger partial charge in [0.05, 0.1) is 7.11 Å². The minimum atomic E-state index is -0.236. The molecule has 1 saturated heterocycles. The van der Waals surface area contributed by atoms with Crippen molar-refractivity contribution in [3.05, 3.63) is 29.3 Å². The molecule has 1 aromatic rings. The summed E-state index contributed by atoms with van der Waals surface area (Å²) < 4.78 is 5.67. The molecule has 1 atom stereocenters. The van der Waals surface area contributed by atoms with Crippen LogP contribution >= 0.6 is 12.4 Å². The molecule has 2 rings (SSSR count). The van der Waals surface area contributed by atoms with Crippen LogP contribution in [0, 0.1) is 5.41 Å². The van der Waals surface area contributed by atoms with Gasteiger partial charge in [-0.1, -0.05) is 39.8 Å². The van der Waals surface area contributed by atoms with Gasteiger partial charge < -0.3 is 15.2 Å². The van der Waals surface area contributed by atoms with Gasteiger partial charge in [0, 0.05) is 49.8 Å². The Labute approximate surface area is 153 Å². The van der Waals surface area contributed by atoms with Crippen molar-refractivity contribution in [1.29, 1.82) is 0 Å². The van der Waals surface area contributed by atoms with E-state index in [0.717, 1.165) is 31.9 Å². The van der Waals surface area contributed by atoms with Crippen molar-refractivity contribution in [2.24, 2.45) is 5.41 Å². The Hall–Kier alpha value is -0.810. The topological polar surface area (TPSA) is 44.7 Å². The fourth-order valence-corrected chi connectivity index (χ4v) is 3.46. The van der Waals surface area contributed by atoms with Crippen molar-refractivity contribution < 1.29 is 9.84 Å². The molecule has 0 spiro atoms. The quantitative estimate of drug-likeness (QED) is 0.821. The van der Waals surface area contributed by atoms with Crippen LogP contribution < -0.4 is 10.1 Å². The van der Waals surface area contributed by atoms with E-state index < -0.39 is 0 Å². The molecule has 1 aliphatic rings. The van der Waals surface area contributed by atoms with Gasteiger partial charge in [-0.15, -0.1) is 12.4 Å². The van der Waals surface area contributed by atoms with Gasteiger partial charge in [0.15, 0.2) is 0 Å². The van der Waals surface area contributed by atoms with E-state index in [1.807, 2.05) is 0 Å². The number of aliphatic hydroxyl groups excluding tert-OH is 1. The summed E-state index contributed by atoms with van der Waals surface area (Å²) in [5.74, 6) is 1.39. The van der Waals surface area contributed by atoms with Gasteiger partial charge in [0.2, 0.25) is 0 Å². The number of halogens is 1. The van der Waals surface area contributed by atoms with Crippen LogP contribution in [0.15, 0.2) is 18.2 Å². The monoisotopic (exact) mass is 356 g/mol. The number of hydrogen-bond donors (Lipinski definition) is 2. The molecule has 24 heavy (non-hydrogen) atoms. The lowest BCUT2D eigenvalue weighted by Gasteiger charge is -2.44. The van der Waals surface area contributed by atoms with Crippen LogP contribution in [0.2, 0.25) is 0 Å². The predicted octanol–water partition coefficient (Wildman–Crippen LogP) is 3.21. The molecule has 0 radical (unpaired) electrons. The number of ether oxygens (including phenoxy) is 1. The molecule has 1 aromatic carbocycles. The van der Waals surface area contributed by atoms with Crippen molar-refractivity contribution in [2.75, 3.05) is 39.9 Å². The van der Waals surface area contributed by atoms with Crippen molar-refractivity contribution in [2.45, 2.75) is 39.7 Å². The van der Waals surface area contributed by atoms with Crippen molar-refractivity contribution in [1.82, 2.24) is 10.2 Å². The first kappa shape index (κ1) is 21.2. The van der Waals surface area contributed by atoms with Crippen LogP contribution in [0.25, 0.3) is 0 Å². The van der Waals surface area contributed by atoms with Gasteiger partial charge in [0.1, 0.15) is 5.75 Å². The molecule has 0 bridgehead atoms. The maximum atomic E-state index is 10.0. The highest BCUT2D eigenvalue weighted by Crippen LogP contribution is 2.43. The number of benzene rings is 1. The minimum Gasteiger partial charge on any atom is -0.496 e. The van der Waals surface area contributed by atoms with Crippen LogP contribution in [-0.4, -0.2) is 49.9 Å². The molecule has 5 heteroatoms. The van der Waals surface area contributed by atoms with E-state index >= 15 is 0 Å². The molecule has 0 unspecified atom stereocenters. The molecule has 0 amide bonds. The second-order valence-corrected chi connectivity index (χ2v) is 7.49. The lowest BCUT2D eigenvalue weighted by molar-refractivity contribution is 0.0292. The van der Waals surface area contributed by atoms with Gasteiger partial charge in [0.25, 0.3) is 0 Å². The SMILES string of the molecule is COc1ccc(C(C)C)cc1[C@@H](N1CCNCC1)C(C)(C)CO.Cl. The third kappa shape index (κ3) is 4.63. The Bertz CT molecular complexity index is 514. The molecule has 0 aromatic heterocycles. The molecule has 2 N–H and O–H groups in total. The van der Waals surface area contributed by atoms with Crippen molar-refractivity contribution in [3.63, 3.8) is 0 Å². The third-order valence-corrected chi connectivity index (χ3v) is 4.88. The van der Waals surface area contributed by atoms with Crippen LogP contribution in [0.5, 0.6) is 5.75 Å². The normalized spacial score (nSPS) is 17.5. The highest BCUT2D eigenvalue weighted by molar-refractivity contribution is 5.85. The molecule has 1 fully saturated rings. The summed E-state index contributed by atoms with van der Waals surface area (Å²) in [5.41, 5.74) is 2.27. The number of methoxy groups -OCH3 is 1. The number of nitrogens with one attached hydrogen (secondary N) is 1. The highest BCUT2D eigenvalue weighted by atomic mass is 35.5. The summed E-state index contributed by atoms with van der Waals surface area (Å²) >= 11 is 0. The maximum absolute atomic E-state index is 10.0. The van der Waals surface area contributed by atoms with Crippen LogP contribution in [-0.2, 0) is 0 Å². The summed E-state index contributed by atoms with van der Waals surface area (Å²) in [6, 6.07) is 6.64. The van der Waals surface area contributed by atoms with E-state index in [9.17, 15) is 5.11 Å². The average Bonchev–Trinajstić information content (AvgIpc) is 2.55. The third-order valence-electron chi connectivity index (χ3n) is 4.88. The van der Waals surface area contributed by atoms with Crippen molar-refractivity contribution >= 4 is 12.4 Å². The van der Waals surface area contributed by atoms with Gasteiger partial charge in [-0.2, -0.15) is 0 Å². The predicted molar refractivity (Wildman–Crippen MR) is 102 cm³/mol. The first-order chi connectivity index (χ1) is 10.9. The number of hydrogen-bond acceptors (Lipinski definition) is 4. The summed E-state index contributed by atoms with van der Waals surface area (Å²) in [6.07, 6.45) is 0. The van der Waals surface area contributed by atoms with E-state index in [0.29, 0.717) is 5.92 Å². The molecule has 1 heterocycles. The zero-order chi connectivity index (χ0) is 17.0. The molecule has 1 aliphatic heterocycles. The second kappa shape index (κ2) is 9.04. The minimum absolute atomic E-state index is 0. The molecular formula is C19H33ClN2O2. The van der Waals surface area contributed by atoms with Crippen LogP contribution in [0.1, 0.15) is 50.8 Å². The highest BCUT2D eigenvalue weighted by Gasteiger charge is 2.37. The molecule has 0 aliphatic carbocycles. The first-order valence-electron chi connectivity index (χ1n) is 8.64. The lowest BCUT2D eigenvalue weighted by atomic mass is 9.78. The van der Waals surface area contributed by atoms with Gasteiger partial charge >= 0.3 is 0 Å². The Morgan fingerprint density at radius 3 is 2.38 bits per heavy atom. The standard InChI is InChI=1S/C19H32N2O2.ClH/c1-14(2)15-6-7-17(23-5)16(12-15)18(19(3,4)13-22)21-10-8-20-9-11-21;/h6-7,12,14,18,20,22H,8-11,13H2,1-5H3;1H/t18-;/m1./s1. The van der Waals surface area contributed by atoms with E-state index in [1.165, 1.54) is 11.1 Å². The second-order valence-electron chi connectivity index (χ2n) is 7.49. The zero-order valence-corrected chi connectivity index (χ0v) is 16.4. The fraction of sp³-hybridized carbons (Fsp3) is 0.684. The smallest absolute Gasteiger partial charge is 0.123 e. The number of piperazine rings is 1. The number of aliphatic hydroxyl groups is 1.